The molecule has 112 valence electrons. The monoisotopic (exact) mass is 313 g/mol. The Kier molecular flexibility index (Phi) is 4.11. The number of nitrogens with one attached hydrogen (secondary N) is 1. The zero-order chi connectivity index (χ0) is 15.5. The number of fused-ring (bicyclic) bond motifs is 1. The number of halogens is 1. The summed E-state index contributed by atoms with van der Waals surface area (Å²) in [5.74, 6) is -0.0164. The van der Waals surface area contributed by atoms with Gasteiger partial charge in [-0.05, 0) is 30.7 Å². The quantitative estimate of drug-likeness (QED) is 0.794. The van der Waals surface area contributed by atoms with E-state index in [4.69, 9.17) is 11.6 Å². The fraction of sp³-hybridized carbons (Fsp3) is 0.176. The molecule has 1 heterocycles. The van der Waals surface area contributed by atoms with Crippen molar-refractivity contribution in [2.75, 3.05) is 6.54 Å². The van der Waals surface area contributed by atoms with Gasteiger partial charge in [0.05, 0.1) is 17.3 Å². The molecule has 2 aromatic carbocycles. The van der Waals surface area contributed by atoms with Crippen LogP contribution in [0.3, 0.4) is 0 Å². The second-order valence-corrected chi connectivity index (χ2v) is 5.53. The van der Waals surface area contributed by atoms with Crippen molar-refractivity contribution < 1.29 is 4.79 Å². The van der Waals surface area contributed by atoms with Crippen LogP contribution in [0.5, 0.6) is 0 Å². The van der Waals surface area contributed by atoms with E-state index in [0.29, 0.717) is 23.7 Å². The standard InChI is InChI=1S/C17H16ClN3O/c1-2-21(11-12-5-3-7-14(18)9-12)17(22)15-8-4-6-13-10-19-20-16(13)15/h3-10H,2,11H2,1H3,(H,19,20). The maximum Gasteiger partial charge on any atom is 0.256 e. The molecule has 1 amide bonds. The van der Waals surface area contributed by atoms with Gasteiger partial charge in [0.15, 0.2) is 0 Å². The number of nitrogens with zero attached hydrogens (tertiary/aromatic N) is 2. The first-order valence-electron chi connectivity index (χ1n) is 7.15. The average Bonchev–Trinajstić information content (AvgIpc) is 3.00. The minimum absolute atomic E-state index is 0.0164. The third-order valence-electron chi connectivity index (χ3n) is 3.64. The lowest BCUT2D eigenvalue weighted by molar-refractivity contribution is 0.0754. The highest BCUT2D eigenvalue weighted by molar-refractivity contribution is 6.30. The smallest absolute Gasteiger partial charge is 0.256 e. The SMILES string of the molecule is CCN(Cc1cccc(Cl)c1)C(=O)c1cccc2cn[nH]c12. The number of para-hydroxylation sites is 1. The van der Waals surface area contributed by atoms with E-state index >= 15 is 0 Å². The van der Waals surface area contributed by atoms with Crippen LogP contribution in [0.15, 0.2) is 48.7 Å². The zero-order valence-corrected chi connectivity index (χ0v) is 13.0. The van der Waals surface area contributed by atoms with Crippen LogP contribution in [-0.2, 0) is 6.54 Å². The van der Waals surface area contributed by atoms with Gasteiger partial charge in [0.1, 0.15) is 0 Å². The Hall–Kier alpha value is -2.33. The maximum atomic E-state index is 12.8. The Morgan fingerprint density at radius 1 is 1.27 bits per heavy atom. The highest BCUT2D eigenvalue weighted by Gasteiger charge is 2.18. The summed E-state index contributed by atoms with van der Waals surface area (Å²) in [6.07, 6.45) is 1.72. The van der Waals surface area contributed by atoms with Crippen LogP contribution >= 0.6 is 11.6 Å². The second kappa shape index (κ2) is 6.20. The highest BCUT2D eigenvalue weighted by atomic mass is 35.5. The molecular weight excluding hydrogens is 298 g/mol. The summed E-state index contributed by atoms with van der Waals surface area (Å²) in [6.45, 7) is 3.12. The number of carbonyl (C=O) groups excluding carboxylic acids is 1. The average molecular weight is 314 g/mol. The van der Waals surface area contributed by atoms with Gasteiger partial charge in [-0.1, -0.05) is 35.9 Å². The van der Waals surface area contributed by atoms with Gasteiger partial charge in [-0.15, -0.1) is 0 Å². The Balaban J connectivity index is 1.90. The molecule has 1 N–H and O–H groups in total. The van der Waals surface area contributed by atoms with Crippen molar-refractivity contribution in [3.05, 3.63) is 64.8 Å². The second-order valence-electron chi connectivity index (χ2n) is 5.09. The van der Waals surface area contributed by atoms with Crippen molar-refractivity contribution in [3.63, 3.8) is 0 Å². The summed E-state index contributed by atoms with van der Waals surface area (Å²) in [5.41, 5.74) is 2.43. The summed E-state index contributed by atoms with van der Waals surface area (Å²) in [4.78, 5) is 14.6. The predicted molar refractivity (Wildman–Crippen MR) is 88.0 cm³/mol. The molecular formula is C17H16ClN3O. The molecule has 0 fully saturated rings. The molecule has 0 unspecified atom stereocenters. The van der Waals surface area contributed by atoms with E-state index in [1.807, 2.05) is 49.4 Å². The molecule has 3 aromatic rings. The minimum Gasteiger partial charge on any atom is -0.335 e. The Bertz CT molecular complexity index is 812. The predicted octanol–water partition coefficient (Wildman–Crippen LogP) is 3.88. The van der Waals surface area contributed by atoms with Gasteiger partial charge in [0.2, 0.25) is 0 Å². The summed E-state index contributed by atoms with van der Waals surface area (Å²) >= 11 is 6.01. The first kappa shape index (κ1) is 14.6. The lowest BCUT2D eigenvalue weighted by atomic mass is 10.1. The molecule has 22 heavy (non-hydrogen) atoms. The number of carbonyl (C=O) groups is 1. The zero-order valence-electron chi connectivity index (χ0n) is 12.2. The van der Waals surface area contributed by atoms with Crippen molar-refractivity contribution in [2.45, 2.75) is 13.5 Å². The molecule has 5 heteroatoms. The van der Waals surface area contributed by atoms with Crippen LogP contribution in [-0.4, -0.2) is 27.5 Å². The summed E-state index contributed by atoms with van der Waals surface area (Å²) < 4.78 is 0. The van der Waals surface area contributed by atoms with E-state index in [2.05, 4.69) is 10.2 Å². The van der Waals surface area contributed by atoms with Crippen LogP contribution in [0.25, 0.3) is 10.9 Å². The van der Waals surface area contributed by atoms with Crippen LogP contribution in [0.4, 0.5) is 0 Å². The molecule has 0 saturated carbocycles. The Morgan fingerprint density at radius 3 is 2.86 bits per heavy atom. The van der Waals surface area contributed by atoms with Crippen molar-refractivity contribution in [2.24, 2.45) is 0 Å². The van der Waals surface area contributed by atoms with Crippen molar-refractivity contribution in [1.82, 2.24) is 15.1 Å². The van der Waals surface area contributed by atoms with Gasteiger partial charge >= 0.3 is 0 Å². The van der Waals surface area contributed by atoms with E-state index in [-0.39, 0.29) is 5.91 Å². The van der Waals surface area contributed by atoms with Crippen molar-refractivity contribution in [3.8, 4) is 0 Å². The first-order valence-corrected chi connectivity index (χ1v) is 7.52. The molecule has 0 atom stereocenters. The number of aromatic amines is 1. The van der Waals surface area contributed by atoms with Crippen LogP contribution in [0.1, 0.15) is 22.8 Å². The number of aromatic nitrogens is 2. The summed E-state index contributed by atoms with van der Waals surface area (Å²) in [6, 6.07) is 13.2. The Morgan fingerprint density at radius 2 is 2.09 bits per heavy atom. The number of rotatable bonds is 4. The molecule has 1 aromatic heterocycles. The third-order valence-corrected chi connectivity index (χ3v) is 3.87. The molecule has 0 aliphatic carbocycles. The van der Waals surface area contributed by atoms with Gasteiger partial charge in [0, 0.05) is 23.5 Å². The third kappa shape index (κ3) is 2.83. The molecule has 4 nitrogen and oxygen atoms in total. The molecule has 0 aliphatic rings. The molecule has 0 spiro atoms. The van der Waals surface area contributed by atoms with Crippen LogP contribution in [0.2, 0.25) is 5.02 Å². The molecule has 0 bridgehead atoms. The van der Waals surface area contributed by atoms with Crippen molar-refractivity contribution >= 4 is 28.4 Å². The lowest BCUT2D eigenvalue weighted by Gasteiger charge is -2.21. The number of H-pyrrole nitrogens is 1. The van der Waals surface area contributed by atoms with E-state index in [9.17, 15) is 4.79 Å². The Labute approximate surface area is 133 Å². The van der Waals surface area contributed by atoms with Crippen LogP contribution in [0, 0.1) is 0 Å². The first-order chi connectivity index (χ1) is 10.7. The van der Waals surface area contributed by atoms with Gasteiger partial charge in [-0.25, -0.2) is 0 Å². The number of hydrogen-bond acceptors (Lipinski definition) is 2. The van der Waals surface area contributed by atoms with E-state index in [1.165, 1.54) is 0 Å². The number of benzene rings is 2. The largest absolute Gasteiger partial charge is 0.335 e. The normalized spacial score (nSPS) is 10.8. The fourth-order valence-electron chi connectivity index (χ4n) is 2.50. The highest BCUT2D eigenvalue weighted by Crippen LogP contribution is 2.19. The number of amides is 1. The summed E-state index contributed by atoms with van der Waals surface area (Å²) in [5, 5.41) is 8.53. The van der Waals surface area contributed by atoms with Gasteiger partial charge < -0.3 is 4.90 Å². The van der Waals surface area contributed by atoms with E-state index in [0.717, 1.165) is 16.5 Å². The van der Waals surface area contributed by atoms with E-state index in [1.54, 1.807) is 11.1 Å². The van der Waals surface area contributed by atoms with Crippen LogP contribution < -0.4 is 0 Å². The van der Waals surface area contributed by atoms with E-state index < -0.39 is 0 Å². The molecule has 0 radical (unpaired) electrons. The van der Waals surface area contributed by atoms with Crippen molar-refractivity contribution in [1.29, 1.82) is 0 Å². The van der Waals surface area contributed by atoms with Gasteiger partial charge in [-0.2, -0.15) is 5.10 Å². The molecule has 3 rings (SSSR count). The summed E-state index contributed by atoms with van der Waals surface area (Å²) in [7, 11) is 0. The lowest BCUT2D eigenvalue weighted by Crippen LogP contribution is -2.30. The fourth-order valence-corrected chi connectivity index (χ4v) is 2.71. The molecule has 0 aliphatic heterocycles. The minimum atomic E-state index is -0.0164. The molecule has 0 saturated heterocycles. The number of hydrogen-bond donors (Lipinski definition) is 1. The van der Waals surface area contributed by atoms with Gasteiger partial charge in [-0.3, -0.25) is 9.89 Å². The maximum absolute atomic E-state index is 12.8. The van der Waals surface area contributed by atoms with Gasteiger partial charge in [0.25, 0.3) is 5.91 Å². The topological polar surface area (TPSA) is 49.0 Å².